The van der Waals surface area contributed by atoms with E-state index in [2.05, 4.69) is 28.2 Å². The Morgan fingerprint density at radius 1 is 1.56 bits per heavy atom. The largest absolute Gasteiger partial charge is 0.373 e. The van der Waals surface area contributed by atoms with Crippen LogP contribution in [0.3, 0.4) is 0 Å². The minimum absolute atomic E-state index is 0.902. The van der Waals surface area contributed by atoms with Gasteiger partial charge in [-0.3, -0.25) is 0 Å². The number of nitrogens with zero attached hydrogens (tertiary/aromatic N) is 1. The average Bonchev–Trinajstić information content (AvgIpc) is 2.33. The van der Waals surface area contributed by atoms with Crippen molar-refractivity contribution in [3.63, 3.8) is 0 Å². The minimum Gasteiger partial charge on any atom is -0.373 e. The van der Waals surface area contributed by atoms with Gasteiger partial charge in [0.25, 0.3) is 0 Å². The highest BCUT2D eigenvalue weighted by molar-refractivity contribution is 5.46. The Labute approximate surface area is 53.8 Å². The Hall–Kier alpha value is -1.18. The fourth-order valence-electron chi connectivity index (χ4n) is 1.02. The van der Waals surface area contributed by atoms with Crippen molar-refractivity contribution in [3.05, 3.63) is 30.2 Å². The number of aromatic nitrogens is 1. The Bertz CT molecular complexity index is 235. The first kappa shape index (κ1) is 4.68. The van der Waals surface area contributed by atoms with Crippen LogP contribution in [0.2, 0.25) is 0 Å². The van der Waals surface area contributed by atoms with Crippen LogP contribution < -0.4 is 5.32 Å². The van der Waals surface area contributed by atoms with Gasteiger partial charge in [-0.2, -0.15) is 0 Å². The van der Waals surface area contributed by atoms with Crippen LogP contribution in [-0.2, 0) is 6.67 Å². The molecule has 2 heterocycles. The quantitative estimate of drug-likeness (QED) is 0.541. The zero-order chi connectivity index (χ0) is 6.10. The van der Waals surface area contributed by atoms with E-state index < -0.39 is 0 Å². The lowest BCUT2D eigenvalue weighted by atomic mass is 10.4. The van der Waals surface area contributed by atoms with Gasteiger partial charge in [0.05, 0.1) is 6.67 Å². The van der Waals surface area contributed by atoms with E-state index in [-0.39, 0.29) is 0 Å². The summed E-state index contributed by atoms with van der Waals surface area (Å²) in [5, 5.41) is 3.11. The van der Waals surface area contributed by atoms with Gasteiger partial charge in [0.2, 0.25) is 0 Å². The molecule has 1 aromatic rings. The van der Waals surface area contributed by atoms with Crippen LogP contribution in [0.15, 0.2) is 24.5 Å². The Balaban J connectivity index is 2.53. The molecular weight excluding hydrogens is 112 g/mol. The molecule has 46 valence electrons. The highest BCUT2D eigenvalue weighted by Gasteiger charge is 1.97. The minimum atomic E-state index is 0.902. The molecule has 0 atom stereocenters. The van der Waals surface area contributed by atoms with E-state index in [1.54, 1.807) is 0 Å². The number of rotatable bonds is 0. The predicted molar refractivity (Wildman–Crippen MR) is 36.6 cm³/mol. The highest BCUT2D eigenvalue weighted by Crippen LogP contribution is 2.05. The SMILES string of the molecule is C1=Cc2cccn2CN1. The van der Waals surface area contributed by atoms with Crippen LogP contribution in [0.4, 0.5) is 0 Å². The van der Waals surface area contributed by atoms with Crippen molar-refractivity contribution in [2.75, 3.05) is 0 Å². The zero-order valence-electron chi connectivity index (χ0n) is 5.04. The fraction of sp³-hybridized carbons (Fsp3) is 0.143. The molecule has 0 bridgehead atoms. The van der Waals surface area contributed by atoms with E-state index in [0.717, 1.165) is 6.67 Å². The zero-order valence-corrected chi connectivity index (χ0v) is 5.04. The lowest BCUT2D eigenvalue weighted by Crippen LogP contribution is -2.15. The fourth-order valence-corrected chi connectivity index (χ4v) is 1.02. The molecule has 0 saturated carbocycles. The van der Waals surface area contributed by atoms with Crippen LogP contribution in [0.5, 0.6) is 0 Å². The summed E-state index contributed by atoms with van der Waals surface area (Å²) in [5.41, 5.74) is 1.27. The van der Waals surface area contributed by atoms with Gasteiger partial charge in [0.15, 0.2) is 0 Å². The van der Waals surface area contributed by atoms with Gasteiger partial charge >= 0.3 is 0 Å². The number of hydrogen-bond acceptors (Lipinski definition) is 1. The van der Waals surface area contributed by atoms with Crippen LogP contribution in [0.25, 0.3) is 6.08 Å². The number of hydrogen-bond donors (Lipinski definition) is 1. The molecule has 0 spiro atoms. The first-order chi connectivity index (χ1) is 4.47. The molecule has 1 N–H and O–H groups in total. The maximum absolute atomic E-state index is 3.11. The lowest BCUT2D eigenvalue weighted by Gasteiger charge is -2.10. The molecule has 1 aliphatic rings. The van der Waals surface area contributed by atoms with Crippen molar-refractivity contribution in [1.29, 1.82) is 0 Å². The molecule has 1 aromatic heterocycles. The summed E-state index contributed by atoms with van der Waals surface area (Å²) in [6, 6.07) is 4.14. The molecule has 0 aliphatic carbocycles. The van der Waals surface area contributed by atoms with E-state index in [1.165, 1.54) is 5.69 Å². The molecule has 9 heavy (non-hydrogen) atoms. The predicted octanol–water partition coefficient (Wildman–Crippen LogP) is 1.02. The first-order valence-corrected chi connectivity index (χ1v) is 3.02. The van der Waals surface area contributed by atoms with Crippen LogP contribution in [0.1, 0.15) is 5.69 Å². The van der Waals surface area contributed by atoms with E-state index in [4.69, 9.17) is 0 Å². The molecule has 0 radical (unpaired) electrons. The summed E-state index contributed by atoms with van der Waals surface area (Å²) < 4.78 is 2.15. The maximum Gasteiger partial charge on any atom is 0.0915 e. The normalized spacial score (nSPS) is 14.7. The second-order valence-corrected chi connectivity index (χ2v) is 2.10. The second kappa shape index (κ2) is 1.65. The summed E-state index contributed by atoms with van der Waals surface area (Å²) in [6.45, 7) is 0.902. The van der Waals surface area contributed by atoms with Crippen molar-refractivity contribution in [2.45, 2.75) is 6.67 Å². The molecule has 0 saturated heterocycles. The Kier molecular flexibility index (Phi) is 0.859. The summed E-state index contributed by atoms with van der Waals surface area (Å²) in [6.07, 6.45) is 6.09. The summed E-state index contributed by atoms with van der Waals surface area (Å²) in [4.78, 5) is 0. The van der Waals surface area contributed by atoms with Crippen molar-refractivity contribution in [1.82, 2.24) is 9.88 Å². The van der Waals surface area contributed by atoms with Gasteiger partial charge < -0.3 is 9.88 Å². The summed E-state index contributed by atoms with van der Waals surface area (Å²) in [7, 11) is 0. The molecule has 0 fully saturated rings. The van der Waals surface area contributed by atoms with E-state index in [0.29, 0.717) is 0 Å². The second-order valence-electron chi connectivity index (χ2n) is 2.10. The van der Waals surface area contributed by atoms with Gasteiger partial charge in [-0.05, 0) is 24.4 Å². The van der Waals surface area contributed by atoms with Crippen molar-refractivity contribution in [3.8, 4) is 0 Å². The van der Waals surface area contributed by atoms with Gasteiger partial charge in [-0.25, -0.2) is 0 Å². The lowest BCUT2D eigenvalue weighted by molar-refractivity contribution is 0.630. The molecule has 0 unspecified atom stereocenters. The van der Waals surface area contributed by atoms with E-state index in [1.807, 2.05) is 12.3 Å². The van der Waals surface area contributed by atoms with Gasteiger partial charge in [-0.1, -0.05) is 0 Å². The molecule has 1 aliphatic heterocycles. The highest BCUT2D eigenvalue weighted by atomic mass is 15.1. The summed E-state index contributed by atoms with van der Waals surface area (Å²) >= 11 is 0. The average molecular weight is 120 g/mol. The van der Waals surface area contributed by atoms with Crippen molar-refractivity contribution in [2.24, 2.45) is 0 Å². The van der Waals surface area contributed by atoms with E-state index >= 15 is 0 Å². The van der Waals surface area contributed by atoms with Crippen molar-refractivity contribution < 1.29 is 0 Å². The van der Waals surface area contributed by atoms with Gasteiger partial charge in [-0.15, -0.1) is 0 Å². The number of fused-ring (bicyclic) bond motifs is 1. The molecule has 2 heteroatoms. The molecule has 2 nitrogen and oxygen atoms in total. The molecule has 0 amide bonds. The van der Waals surface area contributed by atoms with Crippen LogP contribution >= 0.6 is 0 Å². The Morgan fingerprint density at radius 3 is 3.44 bits per heavy atom. The standard InChI is InChI=1S/C7H8N2/c1-2-7-3-4-8-6-9(7)5-1/h1-5,8H,6H2. The van der Waals surface area contributed by atoms with E-state index in [9.17, 15) is 0 Å². The topological polar surface area (TPSA) is 17.0 Å². The molecular formula is C7H8N2. The van der Waals surface area contributed by atoms with Crippen LogP contribution in [-0.4, -0.2) is 4.57 Å². The third kappa shape index (κ3) is 0.633. The third-order valence-corrected chi connectivity index (χ3v) is 1.50. The maximum atomic E-state index is 3.11. The summed E-state index contributed by atoms with van der Waals surface area (Å²) in [5.74, 6) is 0. The molecule has 2 rings (SSSR count). The molecule has 0 aromatic carbocycles. The number of nitrogens with one attached hydrogen (secondary N) is 1. The van der Waals surface area contributed by atoms with Crippen molar-refractivity contribution >= 4 is 6.08 Å². The Morgan fingerprint density at radius 2 is 2.56 bits per heavy atom. The van der Waals surface area contributed by atoms with Crippen LogP contribution in [0, 0.1) is 0 Å². The van der Waals surface area contributed by atoms with Gasteiger partial charge in [0.1, 0.15) is 0 Å². The third-order valence-electron chi connectivity index (χ3n) is 1.50. The first-order valence-electron chi connectivity index (χ1n) is 3.02. The smallest absolute Gasteiger partial charge is 0.0915 e. The monoisotopic (exact) mass is 120 g/mol. The van der Waals surface area contributed by atoms with Gasteiger partial charge in [0, 0.05) is 11.9 Å².